The van der Waals surface area contributed by atoms with Crippen molar-refractivity contribution in [3.63, 3.8) is 0 Å². The summed E-state index contributed by atoms with van der Waals surface area (Å²) in [5, 5.41) is 11.2. The summed E-state index contributed by atoms with van der Waals surface area (Å²) in [4.78, 5) is 11.4. The van der Waals surface area contributed by atoms with Crippen LogP contribution in [0.2, 0.25) is 0 Å². The van der Waals surface area contributed by atoms with Crippen molar-refractivity contribution in [1.29, 1.82) is 0 Å². The molecule has 5 nitrogen and oxygen atoms in total. The Morgan fingerprint density at radius 1 is 1.21 bits per heavy atom. The van der Waals surface area contributed by atoms with Crippen LogP contribution in [0.25, 0.3) is 10.8 Å². The van der Waals surface area contributed by atoms with Crippen molar-refractivity contribution in [2.75, 3.05) is 13.7 Å². The monoisotopic (exact) mass is 262 g/mol. The Morgan fingerprint density at radius 3 is 2.53 bits per heavy atom. The van der Waals surface area contributed by atoms with Crippen LogP contribution in [-0.2, 0) is 4.74 Å². The van der Waals surface area contributed by atoms with Crippen molar-refractivity contribution in [3.8, 4) is 17.2 Å². The number of fused-ring (bicyclic) bond motifs is 1. The van der Waals surface area contributed by atoms with Crippen LogP contribution in [0.4, 0.5) is 4.79 Å². The zero-order chi connectivity index (χ0) is 13.8. The van der Waals surface area contributed by atoms with Gasteiger partial charge in [-0.2, -0.15) is 0 Å². The Hall–Kier alpha value is -2.43. The third-order valence-electron chi connectivity index (χ3n) is 2.62. The van der Waals surface area contributed by atoms with E-state index in [4.69, 9.17) is 14.2 Å². The van der Waals surface area contributed by atoms with E-state index in [1.807, 2.05) is 0 Å². The van der Waals surface area contributed by atoms with Gasteiger partial charge in [0, 0.05) is 16.8 Å². The van der Waals surface area contributed by atoms with Gasteiger partial charge in [-0.05, 0) is 6.92 Å². The number of aromatic hydroxyl groups is 1. The van der Waals surface area contributed by atoms with Crippen LogP contribution in [0.15, 0.2) is 30.3 Å². The first-order chi connectivity index (χ1) is 9.17. The van der Waals surface area contributed by atoms with Gasteiger partial charge >= 0.3 is 6.16 Å². The van der Waals surface area contributed by atoms with Gasteiger partial charge in [0.05, 0.1) is 13.7 Å². The van der Waals surface area contributed by atoms with Gasteiger partial charge in [0.15, 0.2) is 11.5 Å². The Kier molecular flexibility index (Phi) is 3.75. The summed E-state index contributed by atoms with van der Waals surface area (Å²) in [6, 6.07) is 8.46. The Labute approximate surface area is 110 Å². The second-order valence-electron chi connectivity index (χ2n) is 3.76. The Morgan fingerprint density at radius 2 is 1.89 bits per heavy atom. The van der Waals surface area contributed by atoms with Crippen LogP contribution < -0.4 is 9.47 Å². The SMILES string of the molecule is CCOC(=O)Oc1cc(OC)c(O)c2ccccc12. The van der Waals surface area contributed by atoms with Gasteiger partial charge in [0.1, 0.15) is 5.75 Å². The highest BCUT2D eigenvalue weighted by atomic mass is 16.7. The summed E-state index contributed by atoms with van der Waals surface area (Å²) in [7, 11) is 1.43. The first kappa shape index (κ1) is 13.0. The number of ether oxygens (including phenoxy) is 3. The molecular formula is C14H14O5. The fraction of sp³-hybridized carbons (Fsp3) is 0.214. The maximum atomic E-state index is 11.4. The number of carbonyl (C=O) groups excluding carboxylic acids is 1. The van der Waals surface area contributed by atoms with Crippen LogP contribution in [0.3, 0.4) is 0 Å². The highest BCUT2D eigenvalue weighted by molar-refractivity contribution is 5.96. The lowest BCUT2D eigenvalue weighted by atomic mass is 10.1. The van der Waals surface area contributed by atoms with Gasteiger partial charge in [-0.25, -0.2) is 4.79 Å². The summed E-state index contributed by atoms with van der Waals surface area (Å²) in [5.41, 5.74) is 0. The third kappa shape index (κ3) is 2.54. The average Bonchev–Trinajstić information content (AvgIpc) is 2.42. The average molecular weight is 262 g/mol. The molecule has 19 heavy (non-hydrogen) atoms. The van der Waals surface area contributed by atoms with Crippen molar-refractivity contribution in [1.82, 2.24) is 0 Å². The molecule has 2 rings (SSSR count). The van der Waals surface area contributed by atoms with Crippen LogP contribution >= 0.6 is 0 Å². The number of methoxy groups -OCH3 is 1. The Bertz CT molecular complexity index is 606. The summed E-state index contributed by atoms with van der Waals surface area (Å²) in [6.45, 7) is 1.92. The molecule has 0 unspecified atom stereocenters. The summed E-state index contributed by atoms with van der Waals surface area (Å²) < 4.78 is 14.9. The lowest BCUT2D eigenvalue weighted by Gasteiger charge is -2.11. The first-order valence-electron chi connectivity index (χ1n) is 5.80. The molecular weight excluding hydrogens is 248 g/mol. The largest absolute Gasteiger partial charge is 0.513 e. The van der Waals surface area contributed by atoms with E-state index in [-0.39, 0.29) is 23.9 Å². The van der Waals surface area contributed by atoms with E-state index < -0.39 is 6.16 Å². The van der Waals surface area contributed by atoms with Crippen molar-refractivity contribution in [2.45, 2.75) is 6.92 Å². The van der Waals surface area contributed by atoms with Gasteiger partial charge in [0.25, 0.3) is 0 Å². The molecule has 0 radical (unpaired) electrons. The minimum absolute atomic E-state index is 0.00862. The van der Waals surface area contributed by atoms with Gasteiger partial charge in [-0.3, -0.25) is 0 Å². The predicted octanol–water partition coefficient (Wildman–Crippen LogP) is 3.09. The number of rotatable bonds is 3. The smallest absolute Gasteiger partial charge is 0.504 e. The fourth-order valence-electron chi connectivity index (χ4n) is 1.78. The molecule has 0 saturated carbocycles. The van der Waals surface area contributed by atoms with Gasteiger partial charge in [-0.1, -0.05) is 24.3 Å². The second-order valence-corrected chi connectivity index (χ2v) is 3.76. The first-order valence-corrected chi connectivity index (χ1v) is 5.80. The van der Waals surface area contributed by atoms with Crippen LogP contribution in [0.1, 0.15) is 6.92 Å². The molecule has 0 aliphatic carbocycles. The lowest BCUT2D eigenvalue weighted by Crippen LogP contribution is -2.10. The molecule has 0 spiro atoms. The zero-order valence-electron chi connectivity index (χ0n) is 10.7. The van der Waals surface area contributed by atoms with E-state index in [0.29, 0.717) is 10.8 Å². The summed E-state index contributed by atoms with van der Waals surface area (Å²) in [5.74, 6) is 0.524. The molecule has 1 N–H and O–H groups in total. The van der Waals surface area contributed by atoms with Crippen molar-refractivity contribution in [3.05, 3.63) is 30.3 Å². The van der Waals surface area contributed by atoms with Crippen LogP contribution in [0.5, 0.6) is 17.2 Å². The molecule has 0 heterocycles. The molecule has 100 valence electrons. The molecule has 2 aromatic carbocycles. The highest BCUT2D eigenvalue weighted by Gasteiger charge is 2.15. The molecule has 5 heteroatoms. The summed E-state index contributed by atoms with van der Waals surface area (Å²) >= 11 is 0. The molecule has 0 atom stereocenters. The normalized spacial score (nSPS) is 10.2. The van der Waals surface area contributed by atoms with Crippen molar-refractivity contribution < 1.29 is 24.1 Å². The van der Waals surface area contributed by atoms with E-state index in [0.717, 1.165) is 0 Å². The summed E-state index contributed by atoms with van der Waals surface area (Å²) in [6.07, 6.45) is -0.791. The minimum atomic E-state index is -0.791. The minimum Gasteiger partial charge on any atom is -0.504 e. The van der Waals surface area contributed by atoms with Gasteiger partial charge < -0.3 is 19.3 Å². The van der Waals surface area contributed by atoms with Crippen molar-refractivity contribution >= 4 is 16.9 Å². The van der Waals surface area contributed by atoms with E-state index in [1.165, 1.54) is 13.2 Å². The lowest BCUT2D eigenvalue weighted by molar-refractivity contribution is 0.105. The Balaban J connectivity index is 2.53. The maximum Gasteiger partial charge on any atom is 0.513 e. The fourth-order valence-corrected chi connectivity index (χ4v) is 1.78. The van der Waals surface area contributed by atoms with Gasteiger partial charge in [0.2, 0.25) is 0 Å². The highest BCUT2D eigenvalue weighted by Crippen LogP contribution is 2.40. The van der Waals surface area contributed by atoms with E-state index in [9.17, 15) is 9.90 Å². The van der Waals surface area contributed by atoms with E-state index in [1.54, 1.807) is 31.2 Å². The third-order valence-corrected chi connectivity index (χ3v) is 2.62. The number of phenols is 1. The molecule has 0 amide bonds. The topological polar surface area (TPSA) is 65.0 Å². The molecule has 0 saturated heterocycles. The molecule has 0 fully saturated rings. The molecule has 0 aliphatic rings. The van der Waals surface area contributed by atoms with Crippen molar-refractivity contribution in [2.24, 2.45) is 0 Å². The number of phenolic OH excluding ortho intramolecular Hbond substituents is 1. The standard InChI is InChI=1S/C14H14O5/c1-3-18-14(16)19-11-8-12(17-2)13(15)10-7-5-4-6-9(10)11/h4-8,15H,3H2,1-2H3. The number of hydrogen-bond donors (Lipinski definition) is 1. The molecule has 2 aromatic rings. The van der Waals surface area contributed by atoms with E-state index >= 15 is 0 Å². The predicted molar refractivity (Wildman–Crippen MR) is 69.8 cm³/mol. The zero-order valence-corrected chi connectivity index (χ0v) is 10.7. The molecule has 0 aromatic heterocycles. The maximum absolute atomic E-state index is 11.4. The van der Waals surface area contributed by atoms with E-state index in [2.05, 4.69) is 0 Å². The van der Waals surface area contributed by atoms with Gasteiger partial charge in [-0.15, -0.1) is 0 Å². The number of carbonyl (C=O) groups is 1. The number of hydrogen-bond acceptors (Lipinski definition) is 5. The number of benzene rings is 2. The quantitative estimate of drug-likeness (QED) is 0.680. The molecule has 0 aliphatic heterocycles. The second kappa shape index (κ2) is 5.48. The molecule has 0 bridgehead atoms. The van der Waals surface area contributed by atoms with Crippen LogP contribution in [0, 0.1) is 0 Å². The van der Waals surface area contributed by atoms with Crippen LogP contribution in [-0.4, -0.2) is 25.0 Å².